The zero-order chi connectivity index (χ0) is 26.8. The maximum absolute atomic E-state index is 12.3. The molecule has 0 aromatic rings. The zero-order valence-corrected chi connectivity index (χ0v) is 24.2. The number of hydrogen-bond donors (Lipinski definition) is 3. The van der Waals surface area contributed by atoms with Crippen LogP contribution in [0.4, 0.5) is 4.79 Å². The number of fused-ring (bicyclic) bond motifs is 5. The molecule has 5 N–H and O–H groups in total. The predicted octanol–water partition coefficient (Wildman–Crippen LogP) is 6.40. The fraction of sp³-hybridized carbons (Fsp3) is 0.871. The van der Waals surface area contributed by atoms with E-state index in [1.165, 1.54) is 51.4 Å². The van der Waals surface area contributed by atoms with Crippen LogP contribution in [0.25, 0.3) is 0 Å². The Balaban J connectivity index is 1.36. The summed E-state index contributed by atoms with van der Waals surface area (Å²) in [7, 11) is 0. The van der Waals surface area contributed by atoms with Gasteiger partial charge in [-0.25, -0.2) is 4.79 Å². The van der Waals surface area contributed by atoms with Crippen LogP contribution in [-0.2, 0) is 4.74 Å². The first-order valence-corrected chi connectivity index (χ1v) is 15.2. The van der Waals surface area contributed by atoms with E-state index in [2.05, 4.69) is 51.0 Å². The van der Waals surface area contributed by atoms with E-state index in [4.69, 9.17) is 16.2 Å². The Morgan fingerprint density at radius 2 is 1.89 bits per heavy atom. The van der Waals surface area contributed by atoms with Crippen molar-refractivity contribution in [3.05, 3.63) is 11.6 Å². The molecule has 0 bridgehead atoms. The van der Waals surface area contributed by atoms with Crippen LogP contribution in [0.5, 0.6) is 0 Å². The summed E-state index contributed by atoms with van der Waals surface area (Å²) < 4.78 is 5.80. The maximum Gasteiger partial charge on any atom is 0.407 e. The molecule has 4 rings (SSSR count). The second-order valence-corrected chi connectivity index (χ2v) is 13.8. The van der Waals surface area contributed by atoms with Crippen molar-refractivity contribution in [2.75, 3.05) is 13.1 Å². The highest BCUT2D eigenvalue weighted by atomic mass is 16.6. The lowest BCUT2D eigenvalue weighted by molar-refractivity contribution is -0.0581. The molecule has 37 heavy (non-hydrogen) atoms. The van der Waals surface area contributed by atoms with Gasteiger partial charge in [0.1, 0.15) is 6.10 Å². The Hall–Kier alpha value is -1.72. The van der Waals surface area contributed by atoms with Crippen LogP contribution < -0.4 is 16.8 Å². The molecule has 3 saturated carbocycles. The van der Waals surface area contributed by atoms with Gasteiger partial charge < -0.3 is 21.5 Å². The normalized spacial score (nSPS) is 37.6. The number of ether oxygens (including phenoxy) is 1. The van der Waals surface area contributed by atoms with E-state index in [0.717, 1.165) is 54.8 Å². The SMILES string of the molecule is CC(C)CCC[C@@H](C)C1CCC2[C@@H]3CC=C4C[C@@H](OC(=O)NCCN=C(N)N)CC[C@]4(C)C3CC[C@@]21C. The molecule has 0 spiro atoms. The molecule has 0 saturated heterocycles. The van der Waals surface area contributed by atoms with Crippen molar-refractivity contribution in [1.82, 2.24) is 5.32 Å². The van der Waals surface area contributed by atoms with Gasteiger partial charge in [-0.1, -0.05) is 65.5 Å². The largest absolute Gasteiger partial charge is 0.446 e. The second kappa shape index (κ2) is 11.6. The molecule has 0 radical (unpaired) electrons. The Morgan fingerprint density at radius 3 is 2.62 bits per heavy atom. The summed E-state index contributed by atoms with van der Waals surface area (Å²) in [5.74, 6) is 5.11. The molecule has 6 nitrogen and oxygen atoms in total. The number of aliphatic imine (C=N–C) groups is 1. The zero-order valence-electron chi connectivity index (χ0n) is 24.2. The summed E-state index contributed by atoms with van der Waals surface area (Å²) in [5.41, 5.74) is 13.0. The number of guanidine groups is 1. The van der Waals surface area contributed by atoms with Crippen LogP contribution in [0.2, 0.25) is 0 Å². The Labute approximate surface area is 225 Å². The van der Waals surface area contributed by atoms with Gasteiger partial charge in [0.25, 0.3) is 0 Å². The van der Waals surface area contributed by atoms with Crippen molar-refractivity contribution in [3.63, 3.8) is 0 Å². The van der Waals surface area contributed by atoms with Crippen LogP contribution in [0.1, 0.15) is 105 Å². The molecule has 3 unspecified atom stereocenters. The molecule has 0 aromatic carbocycles. The first-order chi connectivity index (χ1) is 17.5. The van der Waals surface area contributed by atoms with Crippen molar-refractivity contribution in [3.8, 4) is 0 Å². The van der Waals surface area contributed by atoms with Gasteiger partial charge in [0.05, 0.1) is 6.54 Å². The molecular weight excluding hydrogens is 460 g/mol. The van der Waals surface area contributed by atoms with Crippen molar-refractivity contribution in [1.29, 1.82) is 0 Å². The van der Waals surface area contributed by atoms with Gasteiger partial charge in [0.15, 0.2) is 5.96 Å². The third-order valence-electron chi connectivity index (χ3n) is 11.2. The van der Waals surface area contributed by atoms with Gasteiger partial charge in [-0.2, -0.15) is 0 Å². The minimum atomic E-state index is -0.360. The number of nitrogens with two attached hydrogens (primary N) is 2. The average Bonchev–Trinajstić information content (AvgIpc) is 3.19. The Bertz CT molecular complexity index is 865. The third-order valence-corrected chi connectivity index (χ3v) is 11.2. The highest BCUT2D eigenvalue weighted by molar-refractivity contribution is 5.75. The highest BCUT2D eigenvalue weighted by Crippen LogP contribution is 2.67. The van der Waals surface area contributed by atoms with Crippen LogP contribution in [0.15, 0.2) is 16.6 Å². The molecule has 4 aliphatic rings. The summed E-state index contributed by atoms with van der Waals surface area (Å²) in [6.45, 7) is 13.2. The summed E-state index contributed by atoms with van der Waals surface area (Å²) in [4.78, 5) is 16.2. The summed E-state index contributed by atoms with van der Waals surface area (Å²) in [5, 5.41) is 2.77. The Morgan fingerprint density at radius 1 is 1.11 bits per heavy atom. The molecule has 8 atom stereocenters. The Kier molecular flexibility index (Phi) is 8.85. The van der Waals surface area contributed by atoms with E-state index in [-0.39, 0.29) is 23.6 Å². The number of rotatable bonds is 9. The number of amides is 1. The van der Waals surface area contributed by atoms with Gasteiger partial charge in [-0.15, -0.1) is 0 Å². The van der Waals surface area contributed by atoms with Crippen molar-refractivity contribution >= 4 is 12.1 Å². The highest BCUT2D eigenvalue weighted by Gasteiger charge is 2.59. The van der Waals surface area contributed by atoms with Crippen LogP contribution in [0.3, 0.4) is 0 Å². The predicted molar refractivity (Wildman–Crippen MR) is 152 cm³/mol. The molecule has 3 fully saturated rings. The van der Waals surface area contributed by atoms with E-state index in [0.29, 0.717) is 18.5 Å². The van der Waals surface area contributed by atoms with Crippen molar-refractivity contribution in [2.24, 2.45) is 62.8 Å². The first kappa shape index (κ1) is 28.3. The molecule has 0 aliphatic heterocycles. The van der Waals surface area contributed by atoms with Gasteiger partial charge in [-0.05, 0) is 91.3 Å². The molecule has 0 aromatic heterocycles. The van der Waals surface area contributed by atoms with Crippen LogP contribution in [-0.4, -0.2) is 31.2 Å². The lowest BCUT2D eigenvalue weighted by Gasteiger charge is -2.58. The van der Waals surface area contributed by atoms with Gasteiger partial charge >= 0.3 is 6.09 Å². The van der Waals surface area contributed by atoms with Crippen molar-refractivity contribution in [2.45, 2.75) is 111 Å². The summed E-state index contributed by atoms with van der Waals surface area (Å²) in [6, 6.07) is 0. The monoisotopic (exact) mass is 514 g/mol. The smallest absolute Gasteiger partial charge is 0.407 e. The van der Waals surface area contributed by atoms with Gasteiger partial charge in [-0.3, -0.25) is 4.99 Å². The maximum atomic E-state index is 12.3. The molecule has 1 amide bonds. The number of alkyl carbamates (subject to hydrolysis) is 1. The number of carbonyl (C=O) groups is 1. The standard InChI is InChI=1S/C31H54N4O2/c1-20(2)7-6-8-21(3)25-11-12-26-24-10-9-22-19-23(37-29(36)35-18-17-34-28(32)33)13-15-30(22,4)27(24)14-16-31(25,26)5/h9,20-21,23-27H,6-8,10-19H2,1-5H3,(H,35,36)(H4,32,33,34)/t21-,23+,24+,25?,26?,27?,30+,31-/m1/s1. The lowest BCUT2D eigenvalue weighted by Crippen LogP contribution is -2.51. The molecular formula is C31H54N4O2. The molecule has 6 heteroatoms. The number of nitrogens with one attached hydrogen (secondary N) is 1. The first-order valence-electron chi connectivity index (χ1n) is 15.2. The van der Waals surface area contributed by atoms with Crippen molar-refractivity contribution < 1.29 is 9.53 Å². The minimum Gasteiger partial charge on any atom is -0.446 e. The summed E-state index contributed by atoms with van der Waals surface area (Å²) in [6.07, 6.45) is 16.2. The lowest BCUT2D eigenvalue weighted by atomic mass is 9.47. The van der Waals surface area contributed by atoms with E-state index < -0.39 is 0 Å². The fourth-order valence-corrected chi connectivity index (χ4v) is 9.29. The number of carbonyl (C=O) groups excluding carboxylic acids is 1. The molecule has 210 valence electrons. The minimum absolute atomic E-state index is 0.0321. The third kappa shape index (κ3) is 5.98. The summed E-state index contributed by atoms with van der Waals surface area (Å²) >= 11 is 0. The topological polar surface area (TPSA) is 103 Å². The quantitative estimate of drug-likeness (QED) is 0.143. The number of allylic oxidation sites excluding steroid dienone is 1. The number of nitrogens with zero attached hydrogens (tertiary/aromatic N) is 1. The number of hydrogen-bond acceptors (Lipinski definition) is 3. The van der Waals surface area contributed by atoms with E-state index in [1.807, 2.05) is 0 Å². The van der Waals surface area contributed by atoms with E-state index in [1.54, 1.807) is 5.57 Å². The van der Waals surface area contributed by atoms with Crippen LogP contribution in [0, 0.1) is 46.3 Å². The van der Waals surface area contributed by atoms with E-state index >= 15 is 0 Å². The van der Waals surface area contributed by atoms with Crippen LogP contribution >= 0.6 is 0 Å². The van der Waals surface area contributed by atoms with Gasteiger partial charge in [0, 0.05) is 13.0 Å². The fourth-order valence-electron chi connectivity index (χ4n) is 9.29. The van der Waals surface area contributed by atoms with Gasteiger partial charge in [0.2, 0.25) is 0 Å². The molecule has 4 aliphatic carbocycles. The second-order valence-electron chi connectivity index (χ2n) is 13.8. The van der Waals surface area contributed by atoms with E-state index in [9.17, 15) is 4.79 Å². The molecule has 0 heterocycles. The average molecular weight is 515 g/mol.